The molecule has 0 radical (unpaired) electrons. The predicted molar refractivity (Wildman–Crippen MR) is 86.3 cm³/mol. The van der Waals surface area contributed by atoms with Crippen molar-refractivity contribution in [2.45, 2.75) is 18.2 Å². The van der Waals surface area contributed by atoms with Gasteiger partial charge < -0.3 is 9.84 Å². The molecule has 0 aliphatic heterocycles. The minimum Gasteiger partial charge on any atom is -0.506 e. The van der Waals surface area contributed by atoms with Crippen molar-refractivity contribution in [2.75, 3.05) is 11.8 Å². The van der Waals surface area contributed by atoms with Crippen LogP contribution in [0.25, 0.3) is 0 Å². The highest BCUT2D eigenvalue weighted by atomic mass is 35.5. The maximum atomic E-state index is 12.6. The molecule has 0 unspecified atom stereocenters. The number of nitrogens with one attached hydrogen (secondary N) is 1. The second-order valence-corrected chi connectivity index (χ2v) is 6.69. The largest absolute Gasteiger partial charge is 0.506 e. The Morgan fingerprint density at radius 2 is 1.95 bits per heavy atom. The Hall–Kier alpha value is -1.92. The Morgan fingerprint density at radius 3 is 2.59 bits per heavy atom. The zero-order valence-corrected chi connectivity index (χ0v) is 13.7. The Morgan fingerprint density at radius 1 is 1.23 bits per heavy atom. The molecule has 0 bridgehead atoms. The van der Waals surface area contributed by atoms with Gasteiger partial charge in [0.15, 0.2) is 0 Å². The smallest absolute Gasteiger partial charge is 0.265 e. The summed E-state index contributed by atoms with van der Waals surface area (Å²) in [7, 11) is -2.52. The van der Waals surface area contributed by atoms with Gasteiger partial charge in [0.25, 0.3) is 10.0 Å². The van der Waals surface area contributed by atoms with E-state index >= 15 is 0 Å². The molecule has 2 aromatic carbocycles. The Labute approximate surface area is 134 Å². The van der Waals surface area contributed by atoms with Crippen molar-refractivity contribution in [3.05, 3.63) is 47.0 Å². The summed E-state index contributed by atoms with van der Waals surface area (Å²) < 4.78 is 32.6. The molecule has 0 amide bonds. The standard InChI is InChI=1S/C15H16ClNO4S/c1-3-10-4-7-14(21-2)15(8-10)22(19,20)17-12-9-11(16)5-6-13(12)18/h4-9,17-18H,3H2,1-2H3. The lowest BCUT2D eigenvalue weighted by Gasteiger charge is -2.13. The zero-order valence-electron chi connectivity index (χ0n) is 12.1. The molecule has 22 heavy (non-hydrogen) atoms. The van der Waals surface area contributed by atoms with Gasteiger partial charge in [0.05, 0.1) is 12.8 Å². The molecule has 0 fully saturated rings. The number of hydrogen-bond acceptors (Lipinski definition) is 4. The van der Waals surface area contributed by atoms with Crippen molar-refractivity contribution < 1.29 is 18.3 Å². The topological polar surface area (TPSA) is 75.6 Å². The summed E-state index contributed by atoms with van der Waals surface area (Å²) >= 11 is 5.83. The summed E-state index contributed by atoms with van der Waals surface area (Å²) in [5.74, 6) is 0.0183. The fraction of sp³-hybridized carbons (Fsp3) is 0.200. The van der Waals surface area contributed by atoms with E-state index in [4.69, 9.17) is 16.3 Å². The molecule has 0 aliphatic carbocycles. The van der Waals surface area contributed by atoms with Crippen LogP contribution in [0, 0.1) is 0 Å². The molecular weight excluding hydrogens is 326 g/mol. The summed E-state index contributed by atoms with van der Waals surface area (Å²) in [5.41, 5.74) is 0.868. The molecule has 0 atom stereocenters. The Balaban J connectivity index is 2.48. The third kappa shape index (κ3) is 3.45. The van der Waals surface area contributed by atoms with Crippen LogP contribution in [0.1, 0.15) is 12.5 Å². The lowest BCUT2D eigenvalue weighted by atomic mass is 10.2. The van der Waals surface area contributed by atoms with Crippen molar-refractivity contribution in [1.29, 1.82) is 0 Å². The van der Waals surface area contributed by atoms with E-state index in [9.17, 15) is 13.5 Å². The van der Waals surface area contributed by atoms with Crippen LogP contribution in [-0.4, -0.2) is 20.6 Å². The second-order valence-electron chi connectivity index (χ2n) is 4.61. The lowest BCUT2D eigenvalue weighted by molar-refractivity contribution is 0.402. The molecule has 5 nitrogen and oxygen atoms in total. The molecule has 0 aliphatic rings. The zero-order chi connectivity index (χ0) is 16.3. The van der Waals surface area contributed by atoms with E-state index in [1.165, 1.54) is 25.3 Å². The molecular formula is C15H16ClNO4S. The minimum absolute atomic E-state index is 0.00808. The van der Waals surface area contributed by atoms with E-state index in [2.05, 4.69) is 4.72 Å². The van der Waals surface area contributed by atoms with E-state index in [1.807, 2.05) is 6.92 Å². The van der Waals surface area contributed by atoms with E-state index < -0.39 is 10.0 Å². The first-order chi connectivity index (χ1) is 10.4. The molecule has 0 aromatic heterocycles. The first-order valence-corrected chi connectivity index (χ1v) is 8.41. The average Bonchev–Trinajstić information content (AvgIpc) is 2.50. The highest BCUT2D eigenvalue weighted by Crippen LogP contribution is 2.31. The van der Waals surface area contributed by atoms with Gasteiger partial charge in [-0.25, -0.2) is 8.42 Å². The molecule has 2 aromatic rings. The van der Waals surface area contributed by atoms with Gasteiger partial charge in [0.2, 0.25) is 0 Å². The van der Waals surface area contributed by atoms with Crippen LogP contribution in [-0.2, 0) is 16.4 Å². The number of benzene rings is 2. The first-order valence-electron chi connectivity index (χ1n) is 6.55. The van der Waals surface area contributed by atoms with Gasteiger partial charge in [-0.3, -0.25) is 4.72 Å². The van der Waals surface area contributed by atoms with E-state index in [-0.39, 0.29) is 22.1 Å². The third-order valence-electron chi connectivity index (χ3n) is 3.13. The van der Waals surface area contributed by atoms with Gasteiger partial charge >= 0.3 is 0 Å². The van der Waals surface area contributed by atoms with Crippen LogP contribution in [0.5, 0.6) is 11.5 Å². The number of methoxy groups -OCH3 is 1. The lowest BCUT2D eigenvalue weighted by Crippen LogP contribution is -2.14. The van der Waals surface area contributed by atoms with Crippen LogP contribution in [0.2, 0.25) is 5.02 Å². The Bertz CT molecular complexity index is 790. The summed E-state index contributed by atoms with van der Waals surface area (Å²) in [6, 6.07) is 9.07. The summed E-state index contributed by atoms with van der Waals surface area (Å²) in [6.07, 6.45) is 0.689. The molecule has 0 spiro atoms. The van der Waals surface area contributed by atoms with E-state index in [0.717, 1.165) is 5.56 Å². The number of aryl methyl sites for hydroxylation is 1. The molecule has 2 rings (SSSR count). The number of anilines is 1. The molecule has 7 heteroatoms. The number of ether oxygens (including phenoxy) is 1. The number of hydrogen-bond donors (Lipinski definition) is 2. The van der Waals surface area contributed by atoms with Gasteiger partial charge in [-0.15, -0.1) is 0 Å². The van der Waals surface area contributed by atoms with Gasteiger partial charge in [-0.05, 0) is 42.3 Å². The number of rotatable bonds is 5. The highest BCUT2D eigenvalue weighted by molar-refractivity contribution is 7.92. The number of phenolic OH excluding ortho intramolecular Hbond substituents is 1. The average molecular weight is 342 g/mol. The van der Waals surface area contributed by atoms with Gasteiger partial charge in [0.1, 0.15) is 16.4 Å². The summed E-state index contributed by atoms with van der Waals surface area (Å²) in [4.78, 5) is 0.00808. The number of aromatic hydroxyl groups is 1. The van der Waals surface area contributed by atoms with Crippen LogP contribution in [0.4, 0.5) is 5.69 Å². The summed E-state index contributed by atoms with van der Waals surface area (Å²) in [6.45, 7) is 1.93. The third-order valence-corrected chi connectivity index (χ3v) is 4.75. The van der Waals surface area contributed by atoms with Crippen molar-refractivity contribution >= 4 is 27.3 Å². The molecule has 0 saturated carbocycles. The number of sulfonamides is 1. The van der Waals surface area contributed by atoms with Crippen LogP contribution >= 0.6 is 11.6 Å². The van der Waals surface area contributed by atoms with E-state index in [0.29, 0.717) is 11.4 Å². The molecule has 0 heterocycles. The van der Waals surface area contributed by atoms with Crippen LogP contribution < -0.4 is 9.46 Å². The van der Waals surface area contributed by atoms with Gasteiger partial charge in [0, 0.05) is 5.02 Å². The molecule has 0 saturated heterocycles. The second kappa shape index (κ2) is 6.46. The fourth-order valence-corrected chi connectivity index (χ4v) is 3.40. The minimum atomic E-state index is -3.92. The van der Waals surface area contributed by atoms with Crippen molar-refractivity contribution in [2.24, 2.45) is 0 Å². The SMILES string of the molecule is CCc1ccc(OC)c(S(=O)(=O)Nc2cc(Cl)ccc2O)c1. The highest BCUT2D eigenvalue weighted by Gasteiger charge is 2.21. The summed E-state index contributed by atoms with van der Waals surface area (Å²) in [5, 5.41) is 10.1. The predicted octanol–water partition coefficient (Wildman–Crippen LogP) is 3.42. The van der Waals surface area contributed by atoms with E-state index in [1.54, 1.807) is 18.2 Å². The maximum Gasteiger partial charge on any atom is 0.265 e. The quantitative estimate of drug-likeness (QED) is 0.817. The normalized spacial score (nSPS) is 11.2. The fourth-order valence-electron chi connectivity index (χ4n) is 1.94. The van der Waals surface area contributed by atoms with Crippen molar-refractivity contribution in [1.82, 2.24) is 0 Å². The maximum absolute atomic E-state index is 12.6. The van der Waals surface area contributed by atoms with Crippen LogP contribution in [0.15, 0.2) is 41.3 Å². The molecule has 2 N–H and O–H groups in total. The van der Waals surface area contributed by atoms with Crippen LogP contribution in [0.3, 0.4) is 0 Å². The van der Waals surface area contributed by atoms with Crippen molar-refractivity contribution in [3.8, 4) is 11.5 Å². The van der Waals surface area contributed by atoms with Gasteiger partial charge in [-0.2, -0.15) is 0 Å². The monoisotopic (exact) mass is 341 g/mol. The molecule has 118 valence electrons. The van der Waals surface area contributed by atoms with Gasteiger partial charge in [-0.1, -0.05) is 24.6 Å². The Kier molecular flexibility index (Phi) is 4.83. The number of halogens is 1. The number of phenols is 1. The first kappa shape index (κ1) is 16.5. The van der Waals surface area contributed by atoms with Crippen molar-refractivity contribution in [3.63, 3.8) is 0 Å².